The Bertz CT molecular complexity index is 1510. The Morgan fingerprint density at radius 3 is 1.08 bits per heavy atom. The lowest BCUT2D eigenvalue weighted by Gasteiger charge is -2.48. The van der Waals surface area contributed by atoms with Crippen LogP contribution in [0.25, 0.3) is 0 Å². The van der Waals surface area contributed by atoms with E-state index in [0.29, 0.717) is 11.5 Å². The summed E-state index contributed by atoms with van der Waals surface area (Å²) in [6.07, 6.45) is 0. The van der Waals surface area contributed by atoms with Crippen molar-refractivity contribution in [3.8, 4) is 11.5 Å². The van der Waals surface area contributed by atoms with E-state index < -0.39 is 86.9 Å². The molecule has 0 bridgehead atoms. The molecule has 0 saturated carbocycles. The normalized spacial score (nSPS) is 28.9. The number of ether oxygens (including phenoxy) is 2. The molecule has 3 fully saturated rings. The first-order valence-electron chi connectivity index (χ1n) is 11.5. The summed E-state index contributed by atoms with van der Waals surface area (Å²) in [6.45, 7) is 0. The van der Waals surface area contributed by atoms with Crippen LogP contribution in [0, 0.1) is 0 Å². The zero-order chi connectivity index (χ0) is 27.7. The predicted octanol–water partition coefficient (Wildman–Crippen LogP) is -0.270. The van der Waals surface area contributed by atoms with Crippen molar-refractivity contribution < 1.29 is 43.1 Å². The first-order chi connectivity index (χ1) is 17.7. The van der Waals surface area contributed by atoms with Gasteiger partial charge >= 0.3 is 0 Å². The summed E-state index contributed by atoms with van der Waals surface area (Å²) >= 11 is 0. The van der Waals surface area contributed by atoms with E-state index in [1.165, 1.54) is 62.8 Å². The average Bonchev–Trinajstić information content (AvgIpc) is 3.34. The molecule has 2 aromatic rings. The smallest absolute Gasteiger partial charge is 0.243 e. The minimum absolute atomic E-state index is 0.184. The van der Waals surface area contributed by atoms with E-state index in [-0.39, 0.29) is 9.79 Å². The molecule has 16 heteroatoms. The van der Waals surface area contributed by atoms with Crippen LogP contribution >= 0.6 is 0 Å². The zero-order valence-corrected chi connectivity index (χ0v) is 23.6. The monoisotopic (exact) mass is 606 g/mol. The minimum atomic E-state index is -4.43. The van der Waals surface area contributed by atoms with Gasteiger partial charge < -0.3 is 9.47 Å². The Kier molecular flexibility index (Phi) is 6.59. The van der Waals surface area contributed by atoms with E-state index >= 15 is 0 Å². The van der Waals surface area contributed by atoms with Crippen LogP contribution in [0.3, 0.4) is 0 Å². The fourth-order valence-corrected chi connectivity index (χ4v) is 13.5. The van der Waals surface area contributed by atoms with Gasteiger partial charge in [-0.2, -0.15) is 8.61 Å². The Balaban J connectivity index is 1.67. The summed E-state index contributed by atoms with van der Waals surface area (Å²) in [7, 11) is -13.8. The van der Waals surface area contributed by atoms with Crippen molar-refractivity contribution >= 4 is 39.7 Å². The Hall–Kier alpha value is -2.24. The van der Waals surface area contributed by atoms with Crippen molar-refractivity contribution in [1.82, 2.24) is 8.61 Å². The molecule has 0 aromatic heterocycles. The van der Waals surface area contributed by atoms with Gasteiger partial charge in [-0.25, -0.2) is 33.7 Å². The van der Waals surface area contributed by atoms with Crippen molar-refractivity contribution in [2.75, 3.05) is 37.2 Å². The van der Waals surface area contributed by atoms with Crippen LogP contribution in [-0.4, -0.2) is 104 Å². The van der Waals surface area contributed by atoms with E-state index in [0.717, 1.165) is 8.61 Å². The summed E-state index contributed by atoms with van der Waals surface area (Å²) in [5.74, 6) is -1.75. The maximum absolute atomic E-state index is 13.9. The highest BCUT2D eigenvalue weighted by Crippen LogP contribution is 2.43. The largest absolute Gasteiger partial charge is 0.497 e. The van der Waals surface area contributed by atoms with Crippen molar-refractivity contribution in [3.63, 3.8) is 0 Å². The fraction of sp³-hybridized carbons (Fsp3) is 0.455. The summed E-state index contributed by atoms with van der Waals surface area (Å²) in [4.78, 5) is -0.369. The number of methoxy groups -OCH3 is 2. The standard InChI is InChI=1S/C22H26N2O10S4/c1-33-15-3-7-17(8-4-15)37(29,30)23-19-11-35(25,26)13-21(19)24(22-14-36(27,28)12-20(22)23)38(31,32)18-9-5-16(34-2)6-10-18/h3-10,19-22H,11-14H2,1-2H3/t19-,20-,21-,22+/m0/s1. The van der Waals surface area contributed by atoms with Crippen LogP contribution in [0.15, 0.2) is 58.3 Å². The molecule has 0 N–H and O–H groups in total. The van der Waals surface area contributed by atoms with Gasteiger partial charge in [0.1, 0.15) is 11.5 Å². The van der Waals surface area contributed by atoms with Gasteiger partial charge in [0.2, 0.25) is 20.0 Å². The van der Waals surface area contributed by atoms with E-state index in [9.17, 15) is 33.7 Å². The molecule has 4 atom stereocenters. The first kappa shape index (κ1) is 27.3. The van der Waals surface area contributed by atoms with E-state index in [1.807, 2.05) is 0 Å². The van der Waals surface area contributed by atoms with Crippen molar-refractivity contribution in [3.05, 3.63) is 48.5 Å². The number of sulfone groups is 2. The van der Waals surface area contributed by atoms with Crippen LogP contribution in [0.4, 0.5) is 0 Å². The molecule has 0 aliphatic carbocycles. The Morgan fingerprint density at radius 2 is 0.842 bits per heavy atom. The van der Waals surface area contributed by atoms with Gasteiger partial charge in [-0.05, 0) is 48.5 Å². The number of rotatable bonds is 6. The predicted molar refractivity (Wildman–Crippen MR) is 136 cm³/mol. The molecule has 208 valence electrons. The summed E-state index contributed by atoms with van der Waals surface area (Å²) in [6, 6.07) is 5.57. The van der Waals surface area contributed by atoms with E-state index in [2.05, 4.69) is 0 Å². The molecule has 38 heavy (non-hydrogen) atoms. The van der Waals surface area contributed by atoms with Crippen LogP contribution < -0.4 is 9.47 Å². The third-order valence-corrected chi connectivity index (χ3v) is 14.5. The van der Waals surface area contributed by atoms with Gasteiger partial charge in [0, 0.05) is 0 Å². The maximum atomic E-state index is 13.9. The van der Waals surface area contributed by atoms with Gasteiger partial charge in [0.05, 0.1) is 71.2 Å². The molecule has 3 aliphatic heterocycles. The van der Waals surface area contributed by atoms with Gasteiger partial charge in [0.25, 0.3) is 0 Å². The summed E-state index contributed by atoms with van der Waals surface area (Å²) in [5, 5.41) is 0. The van der Waals surface area contributed by atoms with Gasteiger partial charge in [-0.1, -0.05) is 0 Å². The van der Waals surface area contributed by atoms with Crippen LogP contribution in [0.5, 0.6) is 11.5 Å². The third kappa shape index (κ3) is 4.50. The SMILES string of the molecule is COc1ccc(S(=O)(=O)N2[C@@H]3CS(=O)(=O)C[C@@H]3N(S(=O)(=O)c3ccc(OC)cc3)[C@H]3CS(=O)(=O)C[C@@H]32)cc1. The number of nitrogens with zero attached hydrogens (tertiary/aromatic N) is 2. The molecule has 3 aliphatic rings. The molecule has 5 rings (SSSR count). The summed E-state index contributed by atoms with van der Waals surface area (Å²) in [5.41, 5.74) is 0. The highest BCUT2D eigenvalue weighted by molar-refractivity contribution is 7.93. The fourth-order valence-electron chi connectivity index (χ4n) is 5.54. The van der Waals surface area contributed by atoms with Crippen LogP contribution in [0.2, 0.25) is 0 Å². The van der Waals surface area contributed by atoms with Gasteiger partial charge in [0.15, 0.2) is 19.7 Å². The van der Waals surface area contributed by atoms with Crippen LogP contribution in [-0.2, 0) is 39.7 Å². The lowest BCUT2D eigenvalue weighted by atomic mass is 10.0. The second-order valence-electron chi connectivity index (χ2n) is 9.44. The van der Waals surface area contributed by atoms with Crippen molar-refractivity contribution in [2.45, 2.75) is 34.0 Å². The van der Waals surface area contributed by atoms with E-state index in [4.69, 9.17) is 9.47 Å². The zero-order valence-electron chi connectivity index (χ0n) is 20.4. The molecular formula is C22H26N2O10S4. The lowest BCUT2D eigenvalue weighted by Crippen LogP contribution is -2.69. The molecule has 3 saturated heterocycles. The molecule has 0 amide bonds. The third-order valence-electron chi connectivity index (χ3n) is 7.16. The van der Waals surface area contributed by atoms with Crippen LogP contribution in [0.1, 0.15) is 0 Å². The van der Waals surface area contributed by atoms with Gasteiger partial charge in [-0.15, -0.1) is 0 Å². The number of hydrogen-bond acceptors (Lipinski definition) is 10. The Labute approximate surface area is 222 Å². The molecule has 0 spiro atoms. The number of piperazine rings is 1. The molecular weight excluding hydrogens is 581 g/mol. The highest BCUT2D eigenvalue weighted by atomic mass is 32.2. The number of sulfonamides is 2. The van der Waals surface area contributed by atoms with Crippen molar-refractivity contribution in [1.29, 1.82) is 0 Å². The molecule has 0 unspecified atom stereocenters. The minimum Gasteiger partial charge on any atom is -0.497 e. The average molecular weight is 607 g/mol. The quantitative estimate of drug-likeness (QED) is 0.428. The van der Waals surface area contributed by atoms with Gasteiger partial charge in [-0.3, -0.25) is 0 Å². The number of fused-ring (bicyclic) bond motifs is 2. The first-order valence-corrected chi connectivity index (χ1v) is 18.0. The van der Waals surface area contributed by atoms with Crippen molar-refractivity contribution in [2.24, 2.45) is 0 Å². The molecule has 0 radical (unpaired) electrons. The van der Waals surface area contributed by atoms with E-state index in [1.54, 1.807) is 0 Å². The molecule has 3 heterocycles. The number of benzene rings is 2. The molecule has 2 aromatic carbocycles. The summed E-state index contributed by atoms with van der Waals surface area (Å²) < 4.78 is 119. The second kappa shape index (κ2) is 9.16. The lowest BCUT2D eigenvalue weighted by molar-refractivity contribution is 0.0841. The number of hydrogen-bond donors (Lipinski definition) is 0. The highest BCUT2D eigenvalue weighted by Gasteiger charge is 2.63. The topological polar surface area (TPSA) is 162 Å². The Morgan fingerprint density at radius 1 is 0.579 bits per heavy atom. The molecule has 12 nitrogen and oxygen atoms in total. The second-order valence-corrected chi connectivity index (χ2v) is 17.4. The maximum Gasteiger partial charge on any atom is 0.243 e.